The van der Waals surface area contributed by atoms with E-state index >= 15 is 0 Å². The quantitative estimate of drug-likeness (QED) is 0.271. The Labute approximate surface area is 190 Å². The van der Waals surface area contributed by atoms with E-state index in [0.29, 0.717) is 12.4 Å². The number of esters is 1. The highest BCUT2D eigenvalue weighted by molar-refractivity contribution is 14.0. The smallest absolute Gasteiger partial charge is 0.308 e. The molecular weight excluding hydrogens is 483 g/mol. The molecule has 0 aromatic carbocycles. The van der Waals surface area contributed by atoms with Crippen LogP contribution in [0.15, 0.2) is 23.3 Å². The first-order valence-corrected chi connectivity index (χ1v) is 10.4. The maximum atomic E-state index is 11.8. The lowest BCUT2D eigenvalue weighted by atomic mass is 9.97. The molecule has 7 nitrogen and oxygen atoms in total. The van der Waals surface area contributed by atoms with Crippen LogP contribution in [0.4, 0.5) is 0 Å². The first-order valence-electron chi connectivity index (χ1n) is 10.4. The van der Waals surface area contributed by atoms with Gasteiger partial charge in [-0.15, -0.1) is 24.0 Å². The summed E-state index contributed by atoms with van der Waals surface area (Å²) in [5, 5.41) is 3.37. The first kappa shape index (κ1) is 23.7. The Balaban J connectivity index is 0.00000300. The number of pyridine rings is 1. The number of nitrogens with zero attached hydrogens (tertiary/aromatic N) is 3. The number of hydrogen-bond donors (Lipinski definition) is 1. The first-order chi connectivity index (χ1) is 13.7. The number of halogens is 1. The van der Waals surface area contributed by atoms with Crippen molar-refractivity contribution in [1.82, 2.24) is 15.2 Å². The van der Waals surface area contributed by atoms with E-state index in [1.807, 2.05) is 12.1 Å². The zero-order valence-electron chi connectivity index (χ0n) is 17.4. The van der Waals surface area contributed by atoms with Crippen LogP contribution in [0.1, 0.15) is 51.0 Å². The number of aliphatic imine (C=N–C) groups is 1. The van der Waals surface area contributed by atoms with Crippen molar-refractivity contribution in [2.45, 2.75) is 58.1 Å². The van der Waals surface area contributed by atoms with Gasteiger partial charge in [-0.05, 0) is 51.5 Å². The van der Waals surface area contributed by atoms with E-state index < -0.39 is 0 Å². The molecule has 0 spiro atoms. The van der Waals surface area contributed by atoms with Crippen molar-refractivity contribution in [3.8, 4) is 5.88 Å². The fourth-order valence-electron chi connectivity index (χ4n) is 3.89. The number of nitrogens with one attached hydrogen (secondary N) is 1. The molecule has 2 fully saturated rings. The third-order valence-electron chi connectivity index (χ3n) is 5.49. The van der Waals surface area contributed by atoms with Crippen LogP contribution in [-0.2, 0) is 16.1 Å². The van der Waals surface area contributed by atoms with Gasteiger partial charge in [0.05, 0.1) is 19.6 Å². The molecule has 3 rings (SSSR count). The maximum Gasteiger partial charge on any atom is 0.308 e. The van der Waals surface area contributed by atoms with E-state index in [1.165, 1.54) is 20.0 Å². The predicted molar refractivity (Wildman–Crippen MR) is 124 cm³/mol. The normalized spacial score (nSPS) is 18.3. The van der Waals surface area contributed by atoms with E-state index in [4.69, 9.17) is 14.5 Å². The lowest BCUT2D eigenvalue weighted by molar-refractivity contribution is -0.146. The van der Waals surface area contributed by atoms with Gasteiger partial charge in [0.1, 0.15) is 6.10 Å². The second kappa shape index (κ2) is 12.2. The number of ether oxygens (including phenoxy) is 2. The molecule has 1 saturated heterocycles. The highest BCUT2D eigenvalue weighted by atomic mass is 127. The molecule has 0 unspecified atom stereocenters. The fraction of sp³-hybridized carbons (Fsp3) is 0.667. The van der Waals surface area contributed by atoms with Crippen molar-refractivity contribution < 1.29 is 14.3 Å². The number of carbonyl (C=O) groups excluding carboxylic acids is 1. The summed E-state index contributed by atoms with van der Waals surface area (Å²) in [7, 11) is 1.46. The molecule has 29 heavy (non-hydrogen) atoms. The van der Waals surface area contributed by atoms with E-state index in [0.717, 1.165) is 56.8 Å². The summed E-state index contributed by atoms with van der Waals surface area (Å²) in [4.78, 5) is 23.2. The molecule has 162 valence electrons. The molecule has 8 heteroatoms. The van der Waals surface area contributed by atoms with Crippen molar-refractivity contribution in [2.75, 3.05) is 26.7 Å². The SMILES string of the molecule is CCNC(=NCc1cccnc1OC1CCCC1)N1CCC(C(=O)OC)CC1.I. The Kier molecular flexibility index (Phi) is 9.96. The van der Waals surface area contributed by atoms with Gasteiger partial charge in [-0.1, -0.05) is 6.07 Å². The van der Waals surface area contributed by atoms with Crippen LogP contribution in [0.3, 0.4) is 0 Å². The summed E-state index contributed by atoms with van der Waals surface area (Å²) in [6.07, 6.45) is 8.33. The minimum absolute atomic E-state index is 0. The van der Waals surface area contributed by atoms with Crippen LogP contribution in [0.5, 0.6) is 5.88 Å². The second-order valence-electron chi connectivity index (χ2n) is 7.45. The highest BCUT2D eigenvalue weighted by Crippen LogP contribution is 2.25. The lowest BCUT2D eigenvalue weighted by Gasteiger charge is -2.33. The molecule has 1 aliphatic carbocycles. The van der Waals surface area contributed by atoms with Crippen molar-refractivity contribution in [3.05, 3.63) is 23.9 Å². The van der Waals surface area contributed by atoms with Gasteiger partial charge in [-0.3, -0.25) is 4.79 Å². The van der Waals surface area contributed by atoms with E-state index in [-0.39, 0.29) is 42.0 Å². The van der Waals surface area contributed by atoms with Gasteiger partial charge in [0, 0.05) is 31.4 Å². The second-order valence-corrected chi connectivity index (χ2v) is 7.45. The van der Waals surface area contributed by atoms with Gasteiger partial charge in [0.15, 0.2) is 5.96 Å². The Morgan fingerprint density at radius 1 is 1.28 bits per heavy atom. The lowest BCUT2D eigenvalue weighted by Crippen LogP contribution is -2.46. The zero-order chi connectivity index (χ0) is 19.8. The van der Waals surface area contributed by atoms with Crippen LogP contribution >= 0.6 is 24.0 Å². The molecule has 1 N–H and O–H groups in total. The number of hydrogen-bond acceptors (Lipinski definition) is 5. The third kappa shape index (κ3) is 6.72. The monoisotopic (exact) mass is 516 g/mol. The molecule has 0 atom stereocenters. The molecule has 0 bridgehead atoms. The van der Waals surface area contributed by atoms with E-state index in [2.05, 4.69) is 22.1 Å². The molecule has 1 aromatic rings. The summed E-state index contributed by atoms with van der Waals surface area (Å²) in [5.74, 6) is 1.47. The topological polar surface area (TPSA) is 76.1 Å². The average Bonchev–Trinajstić information content (AvgIpc) is 3.25. The molecule has 2 heterocycles. The van der Waals surface area contributed by atoms with Gasteiger partial charge in [0.2, 0.25) is 5.88 Å². The Hall–Kier alpha value is -1.58. The van der Waals surface area contributed by atoms with E-state index in [1.54, 1.807) is 6.20 Å². The molecular formula is C21H33IN4O3. The van der Waals surface area contributed by atoms with Crippen LogP contribution in [0, 0.1) is 5.92 Å². The maximum absolute atomic E-state index is 11.8. The minimum atomic E-state index is -0.106. The molecule has 0 radical (unpaired) electrons. The Morgan fingerprint density at radius 3 is 2.66 bits per heavy atom. The number of guanidine groups is 1. The van der Waals surface area contributed by atoms with Crippen molar-refractivity contribution in [3.63, 3.8) is 0 Å². The van der Waals surface area contributed by atoms with Crippen molar-refractivity contribution in [2.24, 2.45) is 10.9 Å². The Morgan fingerprint density at radius 2 is 2.00 bits per heavy atom. The summed E-state index contributed by atoms with van der Waals surface area (Å²) in [5.41, 5.74) is 1.01. The van der Waals surface area contributed by atoms with E-state index in [9.17, 15) is 4.79 Å². The predicted octanol–water partition coefficient (Wildman–Crippen LogP) is 3.37. The van der Waals surface area contributed by atoms with Crippen molar-refractivity contribution in [1.29, 1.82) is 0 Å². The van der Waals surface area contributed by atoms with Crippen LogP contribution < -0.4 is 10.1 Å². The van der Waals surface area contributed by atoms with Crippen LogP contribution in [0.25, 0.3) is 0 Å². The number of piperidine rings is 1. The van der Waals surface area contributed by atoms with Gasteiger partial charge in [0.25, 0.3) is 0 Å². The van der Waals surface area contributed by atoms with Crippen LogP contribution in [0.2, 0.25) is 0 Å². The standard InChI is InChI=1S/C21H32N4O3.HI/c1-3-22-21(25-13-10-16(11-14-25)20(26)27-2)24-15-17-7-6-12-23-19(17)28-18-8-4-5-9-18;/h6-7,12,16,18H,3-5,8-11,13-15H2,1-2H3,(H,22,24);1H. The molecule has 2 aliphatic rings. The number of aromatic nitrogens is 1. The minimum Gasteiger partial charge on any atom is -0.474 e. The van der Waals surface area contributed by atoms with Crippen molar-refractivity contribution >= 4 is 35.9 Å². The molecule has 1 aromatic heterocycles. The largest absolute Gasteiger partial charge is 0.474 e. The third-order valence-corrected chi connectivity index (χ3v) is 5.49. The molecule has 1 saturated carbocycles. The summed E-state index contributed by atoms with van der Waals surface area (Å²) >= 11 is 0. The molecule has 0 amide bonds. The summed E-state index contributed by atoms with van der Waals surface area (Å²) < 4.78 is 11.0. The molecule has 1 aliphatic heterocycles. The summed E-state index contributed by atoms with van der Waals surface area (Å²) in [6.45, 7) is 4.98. The highest BCUT2D eigenvalue weighted by Gasteiger charge is 2.27. The fourth-order valence-corrected chi connectivity index (χ4v) is 3.89. The van der Waals surface area contributed by atoms with Gasteiger partial charge in [-0.2, -0.15) is 0 Å². The number of carbonyl (C=O) groups is 1. The van der Waals surface area contributed by atoms with Gasteiger partial charge < -0.3 is 19.7 Å². The zero-order valence-corrected chi connectivity index (χ0v) is 19.8. The Bertz CT molecular complexity index is 672. The van der Waals surface area contributed by atoms with Gasteiger partial charge >= 0.3 is 5.97 Å². The van der Waals surface area contributed by atoms with Crippen LogP contribution in [-0.4, -0.2) is 54.7 Å². The van der Waals surface area contributed by atoms with Gasteiger partial charge in [-0.25, -0.2) is 9.98 Å². The number of methoxy groups -OCH3 is 1. The average molecular weight is 516 g/mol. The number of rotatable bonds is 6. The summed E-state index contributed by atoms with van der Waals surface area (Å²) in [6, 6.07) is 3.97. The number of likely N-dealkylation sites (tertiary alicyclic amines) is 1.